The second-order valence-electron chi connectivity index (χ2n) is 5.35. The lowest BCUT2D eigenvalue weighted by atomic mass is 10.2. The van der Waals surface area contributed by atoms with Crippen molar-refractivity contribution < 1.29 is 14.5 Å². The highest BCUT2D eigenvalue weighted by molar-refractivity contribution is 14.1. The topological polar surface area (TPSA) is 101 Å². The highest BCUT2D eigenvalue weighted by Crippen LogP contribution is 2.25. The summed E-state index contributed by atoms with van der Waals surface area (Å²) in [6.45, 7) is 0. The molecule has 0 aliphatic heterocycles. The number of hydrogen-bond acceptors (Lipinski definition) is 5. The minimum absolute atomic E-state index is 0.0837. The largest absolute Gasteiger partial charge is 0.320 e. The van der Waals surface area contributed by atoms with Crippen molar-refractivity contribution in [3.05, 3.63) is 84.1 Å². The van der Waals surface area contributed by atoms with E-state index >= 15 is 0 Å². The Balaban J connectivity index is 1.81. The van der Waals surface area contributed by atoms with E-state index in [4.69, 9.17) is 0 Å². The molecule has 0 aliphatic carbocycles. The van der Waals surface area contributed by atoms with E-state index in [1.165, 1.54) is 29.5 Å². The van der Waals surface area contributed by atoms with Crippen molar-refractivity contribution in [3.8, 4) is 0 Å². The maximum absolute atomic E-state index is 12.6. The molecular formula is C18H12IN3O4S. The lowest BCUT2D eigenvalue weighted by Gasteiger charge is -2.12. The molecule has 2 aromatic carbocycles. The van der Waals surface area contributed by atoms with Gasteiger partial charge in [-0.3, -0.25) is 19.7 Å². The Morgan fingerprint density at radius 3 is 2.19 bits per heavy atom. The molecule has 7 nitrogen and oxygen atoms in total. The molecule has 2 amide bonds. The second-order valence-corrected chi connectivity index (χ2v) is 7.46. The fraction of sp³-hybridized carbons (Fsp3) is 0. The number of non-ortho nitro benzene ring substituents is 1. The zero-order valence-electron chi connectivity index (χ0n) is 13.6. The van der Waals surface area contributed by atoms with Crippen LogP contribution in [0.25, 0.3) is 0 Å². The molecule has 0 saturated carbocycles. The van der Waals surface area contributed by atoms with Crippen molar-refractivity contribution in [2.24, 2.45) is 0 Å². The van der Waals surface area contributed by atoms with Crippen molar-refractivity contribution in [2.75, 3.05) is 10.6 Å². The first-order valence-electron chi connectivity index (χ1n) is 7.65. The quantitative estimate of drug-likeness (QED) is 0.304. The monoisotopic (exact) mass is 493 g/mol. The van der Waals surface area contributed by atoms with Gasteiger partial charge in [-0.1, -0.05) is 18.2 Å². The molecule has 3 rings (SSSR count). The Labute approximate surface area is 171 Å². The summed E-state index contributed by atoms with van der Waals surface area (Å²) in [6.07, 6.45) is 0. The van der Waals surface area contributed by atoms with Gasteiger partial charge in [-0.25, -0.2) is 0 Å². The van der Waals surface area contributed by atoms with Gasteiger partial charge < -0.3 is 10.6 Å². The molecule has 1 aromatic heterocycles. The van der Waals surface area contributed by atoms with Gasteiger partial charge in [-0.15, -0.1) is 11.3 Å². The summed E-state index contributed by atoms with van der Waals surface area (Å²) in [6, 6.07) is 14.3. The van der Waals surface area contributed by atoms with Crippen molar-refractivity contribution >= 4 is 62.8 Å². The van der Waals surface area contributed by atoms with E-state index in [9.17, 15) is 19.7 Å². The average molecular weight is 493 g/mol. The number of nitrogens with zero attached hydrogens (tertiary/aromatic N) is 1. The van der Waals surface area contributed by atoms with Crippen molar-refractivity contribution in [1.29, 1.82) is 0 Å². The summed E-state index contributed by atoms with van der Waals surface area (Å²) in [7, 11) is 0. The molecule has 9 heteroatoms. The summed E-state index contributed by atoms with van der Waals surface area (Å²) in [4.78, 5) is 35.7. The number of carbonyl (C=O) groups is 2. The second kappa shape index (κ2) is 8.27. The molecule has 0 bridgehead atoms. The van der Waals surface area contributed by atoms with E-state index in [1.807, 2.05) is 22.6 Å². The van der Waals surface area contributed by atoms with Gasteiger partial charge in [0.15, 0.2) is 0 Å². The molecule has 0 radical (unpaired) electrons. The number of halogens is 1. The van der Waals surface area contributed by atoms with Gasteiger partial charge in [0, 0.05) is 15.7 Å². The Bertz CT molecular complexity index is 1020. The van der Waals surface area contributed by atoms with Crippen molar-refractivity contribution in [2.45, 2.75) is 0 Å². The fourth-order valence-corrected chi connectivity index (χ4v) is 3.65. The van der Waals surface area contributed by atoms with Crippen LogP contribution in [-0.2, 0) is 0 Å². The number of nitrogens with one attached hydrogen (secondary N) is 2. The molecule has 2 N–H and O–H groups in total. The molecule has 0 unspecified atom stereocenters. The number of anilines is 2. The third kappa shape index (κ3) is 4.49. The van der Waals surface area contributed by atoms with E-state index in [0.717, 1.165) is 0 Å². The summed E-state index contributed by atoms with van der Waals surface area (Å²) in [5.74, 6) is -0.691. The van der Waals surface area contributed by atoms with Crippen LogP contribution < -0.4 is 10.6 Å². The maximum Gasteiger partial charge on any atom is 0.270 e. The van der Waals surface area contributed by atoms with Gasteiger partial charge in [0.2, 0.25) is 0 Å². The Kier molecular flexibility index (Phi) is 5.81. The molecule has 0 spiro atoms. The van der Waals surface area contributed by atoms with Gasteiger partial charge in [0.05, 0.1) is 26.7 Å². The number of rotatable bonds is 5. The summed E-state index contributed by atoms with van der Waals surface area (Å²) in [5, 5.41) is 18.2. The average Bonchev–Trinajstić information content (AvgIpc) is 3.18. The normalized spacial score (nSPS) is 10.3. The number of benzene rings is 2. The fourth-order valence-electron chi connectivity index (χ4n) is 2.28. The first-order valence-corrected chi connectivity index (χ1v) is 9.60. The number of carbonyl (C=O) groups excluding carboxylic acids is 2. The molecule has 0 atom stereocenters. The van der Waals surface area contributed by atoms with E-state index in [1.54, 1.807) is 41.8 Å². The third-order valence-corrected chi connectivity index (χ3v) is 5.34. The molecule has 1 heterocycles. The lowest BCUT2D eigenvalue weighted by Crippen LogP contribution is -2.17. The Morgan fingerprint density at radius 1 is 0.963 bits per heavy atom. The van der Waals surface area contributed by atoms with Crippen molar-refractivity contribution in [3.63, 3.8) is 0 Å². The SMILES string of the molecule is O=C(Nc1ccccc1NC(=O)c1ccc([N+](=O)[O-])cc1I)c1cccs1. The van der Waals surface area contributed by atoms with Gasteiger partial charge >= 0.3 is 0 Å². The predicted molar refractivity (Wildman–Crippen MR) is 112 cm³/mol. The van der Waals surface area contributed by atoms with E-state index in [2.05, 4.69) is 10.6 Å². The predicted octanol–water partition coefficient (Wildman–Crippen LogP) is 4.77. The molecular weight excluding hydrogens is 481 g/mol. The van der Waals surface area contributed by atoms with E-state index in [0.29, 0.717) is 25.4 Å². The molecule has 27 heavy (non-hydrogen) atoms. The van der Waals surface area contributed by atoms with E-state index < -0.39 is 10.8 Å². The summed E-state index contributed by atoms with van der Waals surface area (Å²) in [5.41, 5.74) is 1.11. The first kappa shape index (κ1) is 19.0. The van der Waals surface area contributed by atoms with Crippen LogP contribution in [0.1, 0.15) is 20.0 Å². The summed E-state index contributed by atoms with van der Waals surface area (Å²) < 4.78 is 0.458. The zero-order valence-corrected chi connectivity index (χ0v) is 16.6. The number of hydrogen-bond donors (Lipinski definition) is 2. The highest BCUT2D eigenvalue weighted by Gasteiger charge is 2.16. The van der Waals surface area contributed by atoms with Crippen LogP contribution in [0, 0.1) is 13.7 Å². The summed E-state index contributed by atoms with van der Waals surface area (Å²) >= 11 is 3.20. The van der Waals surface area contributed by atoms with Crippen LogP contribution >= 0.6 is 33.9 Å². The van der Waals surface area contributed by atoms with Gasteiger partial charge in [-0.05, 0) is 52.2 Å². The maximum atomic E-state index is 12.6. The number of para-hydroxylation sites is 2. The minimum atomic E-state index is -0.515. The molecule has 0 aliphatic rings. The molecule has 136 valence electrons. The standard InChI is InChI=1S/C18H12IN3O4S/c19-13-10-11(22(25)26)7-8-12(13)17(23)20-14-4-1-2-5-15(14)21-18(24)16-6-3-9-27-16/h1-10H,(H,20,23)(H,21,24). The van der Waals surface area contributed by atoms with Crippen LogP contribution in [0.15, 0.2) is 60.0 Å². The van der Waals surface area contributed by atoms with Gasteiger partial charge in [0.25, 0.3) is 17.5 Å². The van der Waals surface area contributed by atoms with Crippen LogP contribution in [0.2, 0.25) is 0 Å². The van der Waals surface area contributed by atoms with Gasteiger partial charge in [-0.2, -0.15) is 0 Å². The number of thiophene rings is 1. The first-order chi connectivity index (χ1) is 13.0. The molecule has 0 fully saturated rings. The van der Waals surface area contributed by atoms with Crippen LogP contribution in [-0.4, -0.2) is 16.7 Å². The number of nitro benzene ring substituents is 1. The highest BCUT2D eigenvalue weighted by atomic mass is 127. The number of nitro groups is 1. The minimum Gasteiger partial charge on any atom is -0.320 e. The molecule has 0 saturated heterocycles. The van der Waals surface area contributed by atoms with Gasteiger partial charge in [0.1, 0.15) is 0 Å². The van der Waals surface area contributed by atoms with Crippen LogP contribution in [0.3, 0.4) is 0 Å². The van der Waals surface area contributed by atoms with E-state index in [-0.39, 0.29) is 11.6 Å². The third-order valence-electron chi connectivity index (χ3n) is 3.58. The Hall–Kier alpha value is -2.79. The van der Waals surface area contributed by atoms with Crippen LogP contribution in [0.5, 0.6) is 0 Å². The lowest BCUT2D eigenvalue weighted by molar-refractivity contribution is -0.384. The number of amides is 2. The Morgan fingerprint density at radius 2 is 1.63 bits per heavy atom. The smallest absolute Gasteiger partial charge is 0.270 e. The zero-order chi connectivity index (χ0) is 19.4. The van der Waals surface area contributed by atoms with Crippen LogP contribution in [0.4, 0.5) is 17.1 Å². The molecule has 3 aromatic rings. The van der Waals surface area contributed by atoms with Crippen molar-refractivity contribution in [1.82, 2.24) is 0 Å².